The second-order valence-corrected chi connectivity index (χ2v) is 4.67. The summed E-state index contributed by atoms with van der Waals surface area (Å²) in [4.78, 5) is 10.6. The number of hydrogen-bond acceptors (Lipinski definition) is 1. The normalized spacial score (nSPS) is 11.4. The Morgan fingerprint density at radius 3 is 2.84 bits per heavy atom. The Balaban J connectivity index is 2.34. The first kappa shape index (κ1) is 13.4. The summed E-state index contributed by atoms with van der Waals surface area (Å²) >= 11 is 0. The van der Waals surface area contributed by atoms with E-state index in [1.807, 2.05) is 24.4 Å². The predicted molar refractivity (Wildman–Crippen MR) is 78.1 cm³/mol. The van der Waals surface area contributed by atoms with Gasteiger partial charge in [0.2, 0.25) is 0 Å². The number of carbonyl (C=O) groups is 1. The van der Waals surface area contributed by atoms with Crippen LogP contribution in [0.5, 0.6) is 0 Å². The minimum absolute atomic E-state index is 0.914. The van der Waals surface area contributed by atoms with Crippen LogP contribution in [0.3, 0.4) is 0 Å². The maximum absolute atomic E-state index is 10.6. The van der Waals surface area contributed by atoms with Gasteiger partial charge in [-0.25, -0.2) is 4.79 Å². The van der Waals surface area contributed by atoms with Crippen LogP contribution in [0.25, 0.3) is 17.0 Å². The van der Waals surface area contributed by atoms with E-state index in [-0.39, 0.29) is 0 Å². The number of carboxylic acids is 1. The third-order valence-corrected chi connectivity index (χ3v) is 3.23. The molecule has 0 saturated carbocycles. The van der Waals surface area contributed by atoms with E-state index < -0.39 is 5.97 Å². The fourth-order valence-corrected chi connectivity index (χ4v) is 2.29. The molecule has 0 bridgehead atoms. The quantitative estimate of drug-likeness (QED) is 0.629. The van der Waals surface area contributed by atoms with Crippen molar-refractivity contribution in [1.29, 1.82) is 0 Å². The van der Waals surface area contributed by atoms with Crippen LogP contribution >= 0.6 is 0 Å². The zero-order chi connectivity index (χ0) is 13.7. The number of fused-ring (bicyclic) bond motifs is 1. The minimum atomic E-state index is -0.914. The lowest BCUT2D eigenvalue weighted by Crippen LogP contribution is -1.95. The zero-order valence-corrected chi connectivity index (χ0v) is 11.2. The summed E-state index contributed by atoms with van der Waals surface area (Å²) in [5, 5.41) is 9.84. The molecule has 0 aliphatic rings. The molecule has 0 aliphatic heterocycles. The van der Waals surface area contributed by atoms with Crippen molar-refractivity contribution in [2.75, 3.05) is 0 Å². The topological polar surface area (TPSA) is 42.2 Å². The molecule has 0 saturated heterocycles. The molecule has 2 aromatic rings. The van der Waals surface area contributed by atoms with Gasteiger partial charge in [0.1, 0.15) is 0 Å². The van der Waals surface area contributed by atoms with Gasteiger partial charge >= 0.3 is 5.97 Å². The van der Waals surface area contributed by atoms with Crippen molar-refractivity contribution < 1.29 is 9.90 Å². The third-order valence-electron chi connectivity index (χ3n) is 3.23. The number of aliphatic carboxylic acids is 1. The molecule has 3 nitrogen and oxygen atoms in total. The predicted octanol–water partition coefficient (Wildman–Crippen LogP) is 3.93. The van der Waals surface area contributed by atoms with Crippen LogP contribution < -0.4 is 0 Å². The number of nitrogens with zero attached hydrogens (tertiary/aromatic N) is 1. The van der Waals surface area contributed by atoms with E-state index in [1.54, 1.807) is 6.08 Å². The molecule has 2 rings (SSSR count). The maximum atomic E-state index is 10.6. The standard InChI is InChI=1S/C16H19NO2/c1-2-3-6-11-17-12-13(9-10-16(18)19)14-7-4-5-8-15(14)17/h4-5,7-10,12H,2-3,6,11H2,1H3,(H,18,19). The van der Waals surface area contributed by atoms with Crippen LogP contribution in [0.2, 0.25) is 0 Å². The summed E-state index contributed by atoms with van der Waals surface area (Å²) in [7, 11) is 0. The molecule has 0 unspecified atom stereocenters. The first-order chi connectivity index (χ1) is 9.22. The summed E-state index contributed by atoms with van der Waals surface area (Å²) in [6.07, 6.45) is 8.47. The molecule has 0 spiro atoms. The molecule has 1 heterocycles. The highest BCUT2D eigenvalue weighted by Crippen LogP contribution is 2.23. The molecule has 0 radical (unpaired) electrons. The Bertz CT molecular complexity index is 596. The van der Waals surface area contributed by atoms with E-state index in [9.17, 15) is 4.79 Å². The number of benzene rings is 1. The lowest BCUT2D eigenvalue weighted by molar-refractivity contribution is -0.131. The average Bonchev–Trinajstić information content (AvgIpc) is 2.76. The molecule has 0 amide bonds. The van der Waals surface area contributed by atoms with Gasteiger partial charge in [0, 0.05) is 35.3 Å². The van der Waals surface area contributed by atoms with Crippen LogP contribution in [0, 0.1) is 0 Å². The van der Waals surface area contributed by atoms with E-state index in [2.05, 4.69) is 17.6 Å². The molecule has 0 aliphatic carbocycles. The van der Waals surface area contributed by atoms with Crippen LogP contribution in [0.1, 0.15) is 31.7 Å². The van der Waals surface area contributed by atoms with Gasteiger partial charge in [-0.3, -0.25) is 0 Å². The number of aromatic nitrogens is 1. The highest BCUT2D eigenvalue weighted by Gasteiger charge is 2.05. The summed E-state index contributed by atoms with van der Waals surface area (Å²) in [6, 6.07) is 8.12. The number of unbranched alkanes of at least 4 members (excludes halogenated alkanes) is 2. The zero-order valence-electron chi connectivity index (χ0n) is 11.2. The Hall–Kier alpha value is -2.03. The second-order valence-electron chi connectivity index (χ2n) is 4.67. The van der Waals surface area contributed by atoms with Gasteiger partial charge in [-0.1, -0.05) is 38.0 Å². The Kier molecular flexibility index (Phi) is 4.39. The van der Waals surface area contributed by atoms with Gasteiger partial charge < -0.3 is 9.67 Å². The van der Waals surface area contributed by atoms with E-state index in [0.29, 0.717) is 0 Å². The number of carboxylic acid groups (broad SMARTS) is 1. The van der Waals surface area contributed by atoms with E-state index in [0.717, 1.165) is 23.9 Å². The Morgan fingerprint density at radius 2 is 2.11 bits per heavy atom. The monoisotopic (exact) mass is 257 g/mol. The second kappa shape index (κ2) is 6.23. The molecule has 19 heavy (non-hydrogen) atoms. The minimum Gasteiger partial charge on any atom is -0.478 e. The number of hydrogen-bond donors (Lipinski definition) is 1. The van der Waals surface area contributed by atoms with Gasteiger partial charge in [-0.05, 0) is 18.6 Å². The lowest BCUT2D eigenvalue weighted by Gasteiger charge is -2.03. The summed E-state index contributed by atoms with van der Waals surface area (Å²) in [6.45, 7) is 3.17. The molecule has 0 fully saturated rings. The molecule has 3 heteroatoms. The molecular weight excluding hydrogens is 238 g/mol. The SMILES string of the molecule is CCCCCn1cc(C=CC(=O)O)c2ccccc21. The van der Waals surface area contributed by atoms with Crippen molar-refractivity contribution in [1.82, 2.24) is 4.57 Å². The number of rotatable bonds is 6. The highest BCUT2D eigenvalue weighted by molar-refractivity contribution is 5.93. The molecular formula is C16H19NO2. The van der Waals surface area contributed by atoms with Crippen LogP contribution in [-0.4, -0.2) is 15.6 Å². The van der Waals surface area contributed by atoms with Gasteiger partial charge in [0.15, 0.2) is 0 Å². The van der Waals surface area contributed by atoms with Gasteiger partial charge in [0.25, 0.3) is 0 Å². The largest absolute Gasteiger partial charge is 0.478 e. The van der Waals surface area contributed by atoms with Crippen LogP contribution in [0.15, 0.2) is 36.5 Å². The van der Waals surface area contributed by atoms with Crippen molar-refractivity contribution in [3.05, 3.63) is 42.1 Å². The van der Waals surface area contributed by atoms with Crippen molar-refractivity contribution >= 4 is 22.9 Å². The Morgan fingerprint density at radius 1 is 1.32 bits per heavy atom. The average molecular weight is 257 g/mol. The summed E-state index contributed by atoms with van der Waals surface area (Å²) < 4.78 is 2.21. The fraction of sp³-hybridized carbons (Fsp3) is 0.312. The van der Waals surface area contributed by atoms with Gasteiger partial charge in [0.05, 0.1) is 0 Å². The molecule has 1 N–H and O–H groups in total. The van der Waals surface area contributed by atoms with Crippen LogP contribution in [0.4, 0.5) is 0 Å². The first-order valence-corrected chi connectivity index (χ1v) is 6.71. The van der Waals surface area contributed by atoms with E-state index in [4.69, 9.17) is 5.11 Å². The smallest absolute Gasteiger partial charge is 0.328 e. The first-order valence-electron chi connectivity index (χ1n) is 6.71. The highest BCUT2D eigenvalue weighted by atomic mass is 16.4. The summed E-state index contributed by atoms with van der Waals surface area (Å²) in [5.74, 6) is -0.914. The molecule has 100 valence electrons. The van der Waals surface area contributed by atoms with Gasteiger partial charge in [-0.15, -0.1) is 0 Å². The fourth-order valence-electron chi connectivity index (χ4n) is 2.29. The van der Waals surface area contributed by atoms with Crippen molar-refractivity contribution in [2.24, 2.45) is 0 Å². The van der Waals surface area contributed by atoms with E-state index >= 15 is 0 Å². The maximum Gasteiger partial charge on any atom is 0.328 e. The van der Waals surface area contributed by atoms with Crippen molar-refractivity contribution in [3.63, 3.8) is 0 Å². The lowest BCUT2D eigenvalue weighted by atomic mass is 10.1. The summed E-state index contributed by atoms with van der Waals surface area (Å²) in [5.41, 5.74) is 2.14. The Labute approximate surface area is 113 Å². The van der Waals surface area contributed by atoms with E-state index in [1.165, 1.54) is 24.4 Å². The van der Waals surface area contributed by atoms with Crippen molar-refractivity contribution in [3.8, 4) is 0 Å². The molecule has 1 aromatic heterocycles. The molecule has 1 aromatic carbocycles. The van der Waals surface area contributed by atoms with Crippen molar-refractivity contribution in [2.45, 2.75) is 32.7 Å². The third kappa shape index (κ3) is 3.25. The number of aryl methyl sites for hydroxylation is 1. The number of para-hydroxylation sites is 1. The van der Waals surface area contributed by atoms with Crippen LogP contribution in [-0.2, 0) is 11.3 Å². The van der Waals surface area contributed by atoms with Gasteiger partial charge in [-0.2, -0.15) is 0 Å². The molecule has 0 atom stereocenters.